The first-order valence-corrected chi connectivity index (χ1v) is 6.09. The van der Waals surface area contributed by atoms with Gasteiger partial charge in [0.1, 0.15) is 0 Å². The van der Waals surface area contributed by atoms with Gasteiger partial charge >= 0.3 is 0 Å². The summed E-state index contributed by atoms with van der Waals surface area (Å²) >= 11 is 5.94. The van der Waals surface area contributed by atoms with Gasteiger partial charge in [0.2, 0.25) is 5.91 Å². The topological polar surface area (TPSA) is 32.3 Å². The molecule has 1 amide bonds. The van der Waals surface area contributed by atoms with Crippen molar-refractivity contribution in [1.29, 1.82) is 0 Å². The lowest BCUT2D eigenvalue weighted by Crippen LogP contribution is -2.31. The Labute approximate surface area is 120 Å². The molecule has 3 nitrogen and oxygen atoms in total. The Hall–Kier alpha value is -0.770. The van der Waals surface area contributed by atoms with Gasteiger partial charge < -0.3 is 10.2 Å². The van der Waals surface area contributed by atoms with Gasteiger partial charge in [-0.15, -0.1) is 12.4 Å². The van der Waals surface area contributed by atoms with Crippen molar-refractivity contribution in [2.24, 2.45) is 0 Å². The van der Waals surface area contributed by atoms with Crippen LogP contribution < -0.4 is 5.32 Å². The minimum Gasteiger partial charge on any atom is -0.339 e. The molecule has 5 heteroatoms. The Bertz CT molecular complexity index is 385. The van der Waals surface area contributed by atoms with Gasteiger partial charge in [0.15, 0.2) is 0 Å². The second-order valence-electron chi connectivity index (χ2n) is 4.09. The first kappa shape index (κ1) is 17.2. The lowest BCUT2D eigenvalue weighted by Gasteiger charge is -2.25. The van der Waals surface area contributed by atoms with Crippen molar-refractivity contribution in [1.82, 2.24) is 10.2 Å². The van der Waals surface area contributed by atoms with E-state index in [1.807, 2.05) is 45.3 Å². The van der Waals surface area contributed by atoms with Crippen LogP contribution in [0.3, 0.4) is 0 Å². The quantitative estimate of drug-likeness (QED) is 0.904. The van der Waals surface area contributed by atoms with E-state index in [0.717, 1.165) is 5.56 Å². The summed E-state index contributed by atoms with van der Waals surface area (Å²) in [4.78, 5) is 13.6. The molecular formula is C13H20Cl2N2O. The van der Waals surface area contributed by atoms with Crippen molar-refractivity contribution < 1.29 is 4.79 Å². The summed E-state index contributed by atoms with van der Waals surface area (Å²) in [6.07, 6.45) is 0.512. The molecule has 18 heavy (non-hydrogen) atoms. The number of halogens is 2. The molecule has 0 saturated heterocycles. The second-order valence-corrected chi connectivity index (χ2v) is 4.53. The van der Waals surface area contributed by atoms with E-state index in [1.165, 1.54) is 0 Å². The molecule has 0 saturated carbocycles. The van der Waals surface area contributed by atoms with Crippen molar-refractivity contribution in [3.63, 3.8) is 0 Å². The van der Waals surface area contributed by atoms with E-state index < -0.39 is 0 Å². The number of amides is 1. The largest absolute Gasteiger partial charge is 0.339 e. The van der Waals surface area contributed by atoms with Crippen molar-refractivity contribution in [2.45, 2.75) is 19.4 Å². The standard InChI is InChI=1S/C13H19ClN2O.ClH/c1-10(11-5-4-6-12(14)9-11)16(3)13(17)7-8-15-2;/h4-6,9-10,15H,7-8H2,1-3H3;1H. The number of hydrogen-bond donors (Lipinski definition) is 1. The summed E-state index contributed by atoms with van der Waals surface area (Å²) in [6.45, 7) is 2.70. The summed E-state index contributed by atoms with van der Waals surface area (Å²) in [5, 5.41) is 3.67. The van der Waals surface area contributed by atoms with Gasteiger partial charge in [0, 0.05) is 25.0 Å². The second kappa shape index (κ2) is 8.35. The highest BCUT2D eigenvalue weighted by Crippen LogP contribution is 2.22. The lowest BCUT2D eigenvalue weighted by atomic mass is 10.1. The maximum Gasteiger partial charge on any atom is 0.224 e. The smallest absolute Gasteiger partial charge is 0.224 e. The van der Waals surface area contributed by atoms with E-state index in [0.29, 0.717) is 18.0 Å². The molecule has 0 radical (unpaired) electrons. The van der Waals surface area contributed by atoms with Gasteiger partial charge in [-0.05, 0) is 31.7 Å². The monoisotopic (exact) mass is 290 g/mol. The number of carbonyl (C=O) groups is 1. The average molecular weight is 291 g/mol. The van der Waals surface area contributed by atoms with Gasteiger partial charge in [-0.3, -0.25) is 4.79 Å². The molecule has 0 aliphatic heterocycles. The number of carbonyl (C=O) groups excluding carboxylic acids is 1. The summed E-state index contributed by atoms with van der Waals surface area (Å²) in [6, 6.07) is 7.66. The molecule has 1 aromatic rings. The van der Waals surface area contributed by atoms with Crippen LogP contribution in [-0.2, 0) is 4.79 Å². The number of hydrogen-bond acceptors (Lipinski definition) is 2. The number of nitrogens with zero attached hydrogens (tertiary/aromatic N) is 1. The Balaban J connectivity index is 0.00000289. The maximum absolute atomic E-state index is 11.9. The Morgan fingerprint density at radius 3 is 2.72 bits per heavy atom. The molecule has 102 valence electrons. The van der Waals surface area contributed by atoms with Gasteiger partial charge in [-0.2, -0.15) is 0 Å². The van der Waals surface area contributed by atoms with Crippen LogP contribution in [0.2, 0.25) is 5.02 Å². The number of benzene rings is 1. The minimum atomic E-state index is 0. The lowest BCUT2D eigenvalue weighted by molar-refractivity contribution is -0.131. The van der Waals surface area contributed by atoms with Crippen LogP contribution in [0.5, 0.6) is 0 Å². The fourth-order valence-corrected chi connectivity index (χ4v) is 1.81. The molecule has 0 heterocycles. The van der Waals surface area contributed by atoms with Crippen LogP contribution in [-0.4, -0.2) is 31.4 Å². The summed E-state index contributed by atoms with van der Waals surface area (Å²) in [5.74, 6) is 0.131. The van der Waals surface area contributed by atoms with Crippen LogP contribution in [0.25, 0.3) is 0 Å². The zero-order chi connectivity index (χ0) is 12.8. The van der Waals surface area contributed by atoms with Crippen molar-refractivity contribution >= 4 is 29.9 Å². The molecule has 1 N–H and O–H groups in total. The molecule has 0 fully saturated rings. The molecule has 1 aromatic carbocycles. The zero-order valence-corrected chi connectivity index (χ0v) is 12.5. The highest BCUT2D eigenvalue weighted by molar-refractivity contribution is 6.30. The fourth-order valence-electron chi connectivity index (χ4n) is 1.61. The zero-order valence-electron chi connectivity index (χ0n) is 10.9. The number of rotatable bonds is 5. The van der Waals surface area contributed by atoms with Gasteiger partial charge in [0.05, 0.1) is 6.04 Å². The van der Waals surface area contributed by atoms with E-state index >= 15 is 0 Å². The molecule has 0 aliphatic carbocycles. The Morgan fingerprint density at radius 1 is 1.50 bits per heavy atom. The van der Waals surface area contributed by atoms with E-state index in [1.54, 1.807) is 4.90 Å². The van der Waals surface area contributed by atoms with Gasteiger partial charge in [0.25, 0.3) is 0 Å². The third-order valence-corrected chi connectivity index (χ3v) is 3.13. The molecule has 1 unspecified atom stereocenters. The average Bonchev–Trinajstić information content (AvgIpc) is 2.34. The molecule has 1 atom stereocenters. The highest BCUT2D eigenvalue weighted by Gasteiger charge is 2.16. The summed E-state index contributed by atoms with van der Waals surface area (Å²) in [5.41, 5.74) is 1.05. The predicted molar refractivity (Wildman–Crippen MR) is 78.4 cm³/mol. The molecule has 0 bridgehead atoms. The van der Waals surface area contributed by atoms with Crippen LogP contribution in [0.1, 0.15) is 24.9 Å². The van der Waals surface area contributed by atoms with Crippen LogP contribution in [0, 0.1) is 0 Å². The normalized spacial score (nSPS) is 11.6. The van der Waals surface area contributed by atoms with Crippen LogP contribution in [0.4, 0.5) is 0 Å². The van der Waals surface area contributed by atoms with Crippen molar-refractivity contribution in [2.75, 3.05) is 20.6 Å². The van der Waals surface area contributed by atoms with E-state index in [-0.39, 0.29) is 24.4 Å². The molecular weight excluding hydrogens is 271 g/mol. The Kier molecular flexibility index (Phi) is 8.00. The highest BCUT2D eigenvalue weighted by atomic mass is 35.5. The summed E-state index contributed by atoms with van der Waals surface area (Å²) in [7, 11) is 3.66. The Morgan fingerprint density at radius 2 is 2.17 bits per heavy atom. The van der Waals surface area contributed by atoms with E-state index in [4.69, 9.17) is 11.6 Å². The van der Waals surface area contributed by atoms with E-state index in [2.05, 4.69) is 5.32 Å². The first-order chi connectivity index (χ1) is 8.06. The van der Waals surface area contributed by atoms with E-state index in [9.17, 15) is 4.79 Å². The van der Waals surface area contributed by atoms with Gasteiger partial charge in [-0.1, -0.05) is 23.7 Å². The number of nitrogens with one attached hydrogen (secondary N) is 1. The maximum atomic E-state index is 11.9. The predicted octanol–water partition coefficient (Wildman–Crippen LogP) is 2.89. The van der Waals surface area contributed by atoms with Crippen molar-refractivity contribution in [3.8, 4) is 0 Å². The fraction of sp³-hybridized carbons (Fsp3) is 0.462. The molecule has 0 aromatic heterocycles. The van der Waals surface area contributed by atoms with Crippen LogP contribution in [0.15, 0.2) is 24.3 Å². The third kappa shape index (κ3) is 4.84. The molecule has 1 rings (SSSR count). The molecule has 0 spiro atoms. The third-order valence-electron chi connectivity index (χ3n) is 2.89. The molecule has 0 aliphatic rings. The summed E-state index contributed by atoms with van der Waals surface area (Å²) < 4.78 is 0. The van der Waals surface area contributed by atoms with Crippen LogP contribution >= 0.6 is 24.0 Å². The minimum absolute atomic E-state index is 0. The van der Waals surface area contributed by atoms with Crippen molar-refractivity contribution in [3.05, 3.63) is 34.9 Å². The SMILES string of the molecule is CNCCC(=O)N(C)C(C)c1cccc(Cl)c1.Cl. The first-order valence-electron chi connectivity index (χ1n) is 5.72. The van der Waals surface area contributed by atoms with Gasteiger partial charge in [-0.25, -0.2) is 0 Å².